The third-order valence-corrected chi connectivity index (χ3v) is 5.38. The van der Waals surface area contributed by atoms with E-state index < -0.39 is 0 Å². The topological polar surface area (TPSA) is 72.0 Å². The molecule has 3 aliphatic heterocycles. The van der Waals surface area contributed by atoms with Crippen molar-refractivity contribution in [3.63, 3.8) is 0 Å². The van der Waals surface area contributed by atoms with E-state index in [0.717, 1.165) is 49.8 Å². The second kappa shape index (κ2) is 6.68. The smallest absolute Gasteiger partial charge is 0.265 e. The van der Waals surface area contributed by atoms with Gasteiger partial charge in [-0.1, -0.05) is 24.3 Å². The second-order valence-corrected chi connectivity index (χ2v) is 7.07. The van der Waals surface area contributed by atoms with E-state index >= 15 is 0 Å². The maximum Gasteiger partial charge on any atom is 0.265 e. The zero-order valence-corrected chi connectivity index (χ0v) is 15.0. The molecule has 2 aromatic carbocycles. The van der Waals surface area contributed by atoms with Gasteiger partial charge in [-0.3, -0.25) is 15.1 Å². The van der Waals surface area contributed by atoms with Gasteiger partial charge in [-0.15, -0.1) is 0 Å². The first-order valence-corrected chi connectivity index (χ1v) is 9.33. The van der Waals surface area contributed by atoms with Gasteiger partial charge in [0.15, 0.2) is 0 Å². The first kappa shape index (κ1) is 16.3. The zero-order chi connectivity index (χ0) is 18.2. The SMILES string of the molecule is O=C1NNC2N=C(CN3CCN(c4ccccc4)CC3)Nc3cccc1c32. The number of nitrogens with zero attached hydrogens (tertiary/aromatic N) is 3. The summed E-state index contributed by atoms with van der Waals surface area (Å²) in [6.45, 7) is 4.79. The van der Waals surface area contributed by atoms with E-state index in [1.807, 2.05) is 18.2 Å². The van der Waals surface area contributed by atoms with Crippen LogP contribution in [-0.2, 0) is 0 Å². The number of nitrogens with one attached hydrogen (secondary N) is 3. The van der Waals surface area contributed by atoms with Crippen molar-refractivity contribution in [3.8, 4) is 0 Å². The van der Waals surface area contributed by atoms with Crippen LogP contribution in [0.4, 0.5) is 11.4 Å². The minimum absolute atomic E-state index is 0.111. The highest BCUT2D eigenvalue weighted by atomic mass is 16.2. The monoisotopic (exact) mass is 362 g/mol. The molecule has 0 bridgehead atoms. The molecule has 2 aromatic rings. The highest BCUT2D eigenvalue weighted by Crippen LogP contribution is 2.33. The molecular formula is C20H22N6O. The Morgan fingerprint density at radius 2 is 1.81 bits per heavy atom. The molecule has 0 aromatic heterocycles. The maximum atomic E-state index is 12.0. The van der Waals surface area contributed by atoms with Crippen molar-refractivity contribution < 1.29 is 4.79 Å². The largest absolute Gasteiger partial charge is 0.369 e. The van der Waals surface area contributed by atoms with Crippen LogP contribution in [0.5, 0.6) is 0 Å². The van der Waals surface area contributed by atoms with Crippen LogP contribution in [0.15, 0.2) is 53.5 Å². The standard InChI is InChI=1S/C20H22N6O/c27-20-15-7-4-8-16-18(15)19(23-24-20)22-17(21-16)13-25-9-11-26(12-10-25)14-5-2-1-3-6-14/h1-8,19,23H,9-13H2,(H,21,22)(H,24,27). The number of hydrazine groups is 1. The average Bonchev–Trinajstić information content (AvgIpc) is 2.72. The Morgan fingerprint density at radius 3 is 2.63 bits per heavy atom. The third kappa shape index (κ3) is 3.05. The molecule has 1 amide bonds. The molecule has 1 saturated heterocycles. The number of rotatable bonds is 3. The summed E-state index contributed by atoms with van der Waals surface area (Å²) in [6, 6.07) is 16.3. The van der Waals surface area contributed by atoms with E-state index in [0.29, 0.717) is 5.56 Å². The van der Waals surface area contributed by atoms with Crippen LogP contribution in [0, 0.1) is 0 Å². The minimum atomic E-state index is -0.226. The number of para-hydroxylation sites is 1. The molecule has 5 rings (SSSR count). The highest BCUT2D eigenvalue weighted by Gasteiger charge is 2.31. The predicted octanol–water partition coefficient (Wildman–Crippen LogP) is 1.58. The highest BCUT2D eigenvalue weighted by molar-refractivity contribution is 6.04. The van der Waals surface area contributed by atoms with E-state index in [1.165, 1.54) is 5.69 Å². The summed E-state index contributed by atoms with van der Waals surface area (Å²) in [6.07, 6.45) is -0.226. The van der Waals surface area contributed by atoms with Crippen LogP contribution in [0.1, 0.15) is 22.1 Å². The van der Waals surface area contributed by atoms with Crippen LogP contribution in [0.25, 0.3) is 0 Å². The number of hydrogen-bond acceptors (Lipinski definition) is 6. The lowest BCUT2D eigenvalue weighted by molar-refractivity contribution is 0.0908. The van der Waals surface area contributed by atoms with Crippen LogP contribution < -0.4 is 21.1 Å². The fourth-order valence-corrected chi connectivity index (χ4v) is 3.98. The molecule has 0 aliphatic carbocycles. The Morgan fingerprint density at radius 1 is 1.00 bits per heavy atom. The Kier molecular flexibility index (Phi) is 4.03. The summed E-state index contributed by atoms with van der Waals surface area (Å²) in [4.78, 5) is 21.6. The van der Waals surface area contributed by atoms with Gasteiger partial charge in [0.2, 0.25) is 0 Å². The van der Waals surface area contributed by atoms with Gasteiger partial charge in [-0.2, -0.15) is 0 Å². The van der Waals surface area contributed by atoms with Crippen LogP contribution >= 0.6 is 0 Å². The molecule has 1 fully saturated rings. The molecule has 3 N–H and O–H groups in total. The number of carbonyl (C=O) groups excluding carboxylic acids is 1. The van der Waals surface area contributed by atoms with E-state index in [1.54, 1.807) is 0 Å². The predicted molar refractivity (Wildman–Crippen MR) is 106 cm³/mol. The van der Waals surface area contributed by atoms with Gasteiger partial charge in [-0.25, -0.2) is 10.4 Å². The van der Waals surface area contributed by atoms with Crippen molar-refractivity contribution in [1.29, 1.82) is 0 Å². The van der Waals surface area contributed by atoms with Crippen LogP contribution in [0.2, 0.25) is 0 Å². The maximum absolute atomic E-state index is 12.0. The number of hydrogen-bond donors (Lipinski definition) is 3. The molecule has 0 spiro atoms. The third-order valence-electron chi connectivity index (χ3n) is 5.38. The van der Waals surface area contributed by atoms with Gasteiger partial charge < -0.3 is 10.2 Å². The molecule has 138 valence electrons. The van der Waals surface area contributed by atoms with E-state index in [2.05, 4.69) is 56.3 Å². The summed E-state index contributed by atoms with van der Waals surface area (Å²) in [5, 5.41) is 3.42. The lowest BCUT2D eigenvalue weighted by Gasteiger charge is -2.37. The molecule has 7 heteroatoms. The average molecular weight is 362 g/mol. The molecule has 0 saturated carbocycles. The number of amidine groups is 1. The Balaban J connectivity index is 1.27. The number of aliphatic imine (C=N–C) groups is 1. The van der Waals surface area contributed by atoms with Crippen molar-refractivity contribution in [2.24, 2.45) is 4.99 Å². The molecule has 27 heavy (non-hydrogen) atoms. The van der Waals surface area contributed by atoms with Gasteiger partial charge in [0.25, 0.3) is 5.91 Å². The van der Waals surface area contributed by atoms with Crippen LogP contribution in [0.3, 0.4) is 0 Å². The first-order valence-electron chi connectivity index (χ1n) is 9.33. The zero-order valence-electron chi connectivity index (χ0n) is 15.0. The molecular weight excluding hydrogens is 340 g/mol. The molecule has 1 unspecified atom stereocenters. The van der Waals surface area contributed by atoms with Gasteiger partial charge in [0.1, 0.15) is 12.0 Å². The molecule has 0 radical (unpaired) electrons. The number of benzene rings is 2. The summed E-state index contributed by atoms with van der Waals surface area (Å²) in [5.74, 6) is 0.821. The fourth-order valence-electron chi connectivity index (χ4n) is 3.98. The van der Waals surface area contributed by atoms with Crippen molar-refractivity contribution in [2.45, 2.75) is 6.17 Å². The van der Waals surface area contributed by atoms with Crippen molar-refractivity contribution >= 4 is 23.1 Å². The Labute approximate surface area is 158 Å². The van der Waals surface area contributed by atoms with E-state index in [-0.39, 0.29) is 12.1 Å². The van der Waals surface area contributed by atoms with Gasteiger partial charge in [0, 0.05) is 48.7 Å². The fraction of sp³-hybridized carbons (Fsp3) is 0.300. The van der Waals surface area contributed by atoms with Crippen molar-refractivity contribution in [2.75, 3.05) is 42.9 Å². The number of carbonyl (C=O) groups is 1. The summed E-state index contributed by atoms with van der Waals surface area (Å²) < 4.78 is 0. The van der Waals surface area contributed by atoms with E-state index in [4.69, 9.17) is 4.99 Å². The first-order chi connectivity index (χ1) is 13.3. The molecule has 3 aliphatic rings. The number of anilines is 2. The molecule has 7 nitrogen and oxygen atoms in total. The second-order valence-electron chi connectivity index (χ2n) is 7.07. The summed E-state index contributed by atoms with van der Waals surface area (Å²) in [7, 11) is 0. The Bertz CT molecular complexity index is 889. The Hall–Kier alpha value is -2.90. The number of piperazine rings is 1. The van der Waals surface area contributed by atoms with Crippen LogP contribution in [-0.4, -0.2) is 49.4 Å². The van der Waals surface area contributed by atoms with E-state index in [9.17, 15) is 4.79 Å². The van der Waals surface area contributed by atoms with Crippen molar-refractivity contribution in [3.05, 3.63) is 59.7 Å². The normalized spacial score (nSPS) is 21.8. The molecule has 1 atom stereocenters. The lowest BCUT2D eigenvalue weighted by atomic mass is 9.99. The van der Waals surface area contributed by atoms with Gasteiger partial charge >= 0.3 is 0 Å². The number of amides is 1. The van der Waals surface area contributed by atoms with Gasteiger partial charge in [-0.05, 0) is 24.3 Å². The quantitative estimate of drug-likeness (QED) is 0.773. The summed E-state index contributed by atoms with van der Waals surface area (Å²) in [5.41, 5.74) is 9.58. The molecule has 3 heterocycles. The minimum Gasteiger partial charge on any atom is -0.369 e. The lowest BCUT2D eigenvalue weighted by Crippen LogP contribution is -2.50. The van der Waals surface area contributed by atoms with Crippen molar-refractivity contribution in [1.82, 2.24) is 15.8 Å². The summed E-state index contributed by atoms with van der Waals surface area (Å²) >= 11 is 0. The van der Waals surface area contributed by atoms with Gasteiger partial charge in [0.05, 0.1) is 6.54 Å².